The number of nitrogens with one attached hydrogen (secondary N) is 1. The smallest absolute Gasteiger partial charge is 0.242 e. The summed E-state index contributed by atoms with van der Waals surface area (Å²) in [5.74, 6) is 0. The lowest BCUT2D eigenvalue weighted by molar-refractivity contribution is 0.136. The third kappa shape index (κ3) is 5.23. The number of aromatic nitrogens is 1. The van der Waals surface area contributed by atoms with Crippen LogP contribution in [0.3, 0.4) is 0 Å². The van der Waals surface area contributed by atoms with Gasteiger partial charge in [0.25, 0.3) is 0 Å². The molecule has 0 aliphatic heterocycles. The van der Waals surface area contributed by atoms with Gasteiger partial charge >= 0.3 is 0 Å². The van der Waals surface area contributed by atoms with Gasteiger partial charge in [-0.15, -0.1) is 0 Å². The summed E-state index contributed by atoms with van der Waals surface area (Å²) in [6.07, 6.45) is 3.56. The molecule has 6 nitrogen and oxygen atoms in total. The first-order valence-corrected chi connectivity index (χ1v) is 7.81. The van der Waals surface area contributed by atoms with Gasteiger partial charge in [-0.3, -0.25) is 4.98 Å². The van der Waals surface area contributed by atoms with Gasteiger partial charge < -0.3 is 10.5 Å². The van der Waals surface area contributed by atoms with E-state index in [4.69, 9.17) is 10.5 Å². The van der Waals surface area contributed by atoms with E-state index in [-0.39, 0.29) is 18.0 Å². The Labute approximate surface area is 114 Å². The maximum Gasteiger partial charge on any atom is 0.242 e. The molecule has 19 heavy (non-hydrogen) atoms. The van der Waals surface area contributed by atoms with E-state index in [0.717, 1.165) is 12.8 Å². The fourth-order valence-corrected chi connectivity index (χ4v) is 2.71. The number of rotatable bonds is 9. The molecule has 0 aliphatic carbocycles. The largest absolute Gasteiger partial charge is 0.380 e. The summed E-state index contributed by atoms with van der Waals surface area (Å²) in [5, 5.41) is 0. The van der Waals surface area contributed by atoms with E-state index in [1.165, 1.54) is 12.3 Å². The minimum absolute atomic E-state index is 0.0874. The Hall–Kier alpha value is -1.02. The van der Waals surface area contributed by atoms with E-state index in [1.54, 1.807) is 6.07 Å². The predicted molar refractivity (Wildman–Crippen MR) is 73.0 cm³/mol. The third-order valence-corrected chi connectivity index (χ3v) is 4.05. The number of hydrogen-bond acceptors (Lipinski definition) is 5. The molecule has 0 radical (unpaired) electrons. The van der Waals surface area contributed by atoms with Crippen molar-refractivity contribution in [2.75, 3.05) is 19.8 Å². The lowest BCUT2D eigenvalue weighted by atomic mass is 10.3. The molecule has 1 rings (SSSR count). The predicted octanol–water partition coefficient (Wildman–Crippen LogP) is 0.635. The molecule has 0 unspecified atom stereocenters. The van der Waals surface area contributed by atoms with E-state index in [0.29, 0.717) is 18.9 Å². The van der Waals surface area contributed by atoms with Crippen molar-refractivity contribution in [2.24, 2.45) is 5.73 Å². The molecule has 7 heteroatoms. The van der Waals surface area contributed by atoms with Crippen LogP contribution in [0.4, 0.5) is 0 Å². The van der Waals surface area contributed by atoms with E-state index in [2.05, 4.69) is 16.6 Å². The Kier molecular flexibility index (Phi) is 6.93. The lowest BCUT2D eigenvalue weighted by Crippen LogP contribution is -2.29. The molecule has 1 aromatic rings. The molecule has 0 bridgehead atoms. The molecule has 0 aliphatic rings. The van der Waals surface area contributed by atoms with Crippen LogP contribution < -0.4 is 10.5 Å². The average Bonchev–Trinajstić information content (AvgIpc) is 2.42. The zero-order valence-electron chi connectivity index (χ0n) is 11.1. The standard InChI is InChI=1S/C12H21N3O3S/c1-2-3-8-18-9-7-15-19(16,17)12-5-4-6-14-11(12)10-13/h4-6,15H,2-3,7-10,13H2,1H3. The molecule has 0 saturated heterocycles. The minimum atomic E-state index is -3.57. The number of nitrogens with zero attached hydrogens (tertiary/aromatic N) is 1. The minimum Gasteiger partial charge on any atom is -0.380 e. The Morgan fingerprint density at radius 1 is 1.42 bits per heavy atom. The van der Waals surface area contributed by atoms with Crippen LogP contribution in [0.15, 0.2) is 23.2 Å². The Balaban J connectivity index is 2.52. The van der Waals surface area contributed by atoms with E-state index >= 15 is 0 Å². The molecule has 0 aromatic carbocycles. The first kappa shape index (κ1) is 16.0. The van der Waals surface area contributed by atoms with Crippen molar-refractivity contribution in [3.05, 3.63) is 24.0 Å². The first-order chi connectivity index (χ1) is 9.11. The second-order valence-electron chi connectivity index (χ2n) is 4.02. The summed E-state index contributed by atoms with van der Waals surface area (Å²) in [7, 11) is -3.57. The van der Waals surface area contributed by atoms with Gasteiger partial charge in [-0.2, -0.15) is 0 Å². The van der Waals surface area contributed by atoms with Gasteiger partial charge in [0.15, 0.2) is 0 Å². The molecular formula is C12H21N3O3S. The van der Waals surface area contributed by atoms with Gasteiger partial charge in [-0.25, -0.2) is 13.1 Å². The van der Waals surface area contributed by atoms with Gasteiger partial charge in [-0.1, -0.05) is 13.3 Å². The first-order valence-electron chi connectivity index (χ1n) is 6.33. The maximum absolute atomic E-state index is 12.0. The van der Waals surface area contributed by atoms with Crippen molar-refractivity contribution in [2.45, 2.75) is 31.2 Å². The summed E-state index contributed by atoms with van der Waals surface area (Å²) in [4.78, 5) is 4.09. The highest BCUT2D eigenvalue weighted by atomic mass is 32.2. The summed E-state index contributed by atoms with van der Waals surface area (Å²) in [6, 6.07) is 3.07. The van der Waals surface area contributed by atoms with Crippen LogP contribution in [0.2, 0.25) is 0 Å². The van der Waals surface area contributed by atoms with Crippen LogP contribution >= 0.6 is 0 Å². The second kappa shape index (κ2) is 8.21. The SMILES string of the molecule is CCCCOCCNS(=O)(=O)c1cccnc1CN. The Morgan fingerprint density at radius 2 is 2.21 bits per heavy atom. The van der Waals surface area contributed by atoms with Crippen LogP contribution in [0.5, 0.6) is 0 Å². The highest BCUT2D eigenvalue weighted by Crippen LogP contribution is 2.11. The lowest BCUT2D eigenvalue weighted by Gasteiger charge is -2.09. The number of ether oxygens (including phenoxy) is 1. The Morgan fingerprint density at radius 3 is 2.89 bits per heavy atom. The molecule has 0 fully saturated rings. The van der Waals surface area contributed by atoms with E-state index < -0.39 is 10.0 Å². The fourth-order valence-electron chi connectivity index (χ4n) is 1.50. The van der Waals surface area contributed by atoms with E-state index in [1.807, 2.05) is 0 Å². The van der Waals surface area contributed by atoms with E-state index in [9.17, 15) is 8.42 Å². The normalized spacial score (nSPS) is 11.7. The monoisotopic (exact) mass is 287 g/mol. The zero-order chi connectivity index (χ0) is 14.1. The van der Waals surface area contributed by atoms with Crippen molar-refractivity contribution in [3.8, 4) is 0 Å². The molecule has 3 N–H and O–H groups in total. The highest BCUT2D eigenvalue weighted by molar-refractivity contribution is 7.89. The van der Waals surface area contributed by atoms with Gasteiger partial charge in [0.2, 0.25) is 10.0 Å². The van der Waals surface area contributed by atoms with Crippen molar-refractivity contribution in [1.29, 1.82) is 0 Å². The molecule has 0 atom stereocenters. The van der Waals surface area contributed by atoms with Gasteiger partial charge in [0.1, 0.15) is 4.90 Å². The molecule has 0 spiro atoms. The summed E-state index contributed by atoms with van der Waals surface area (Å²) in [6.45, 7) is 3.41. The molecular weight excluding hydrogens is 266 g/mol. The summed E-state index contributed by atoms with van der Waals surface area (Å²) < 4.78 is 31.9. The topological polar surface area (TPSA) is 94.3 Å². The fraction of sp³-hybridized carbons (Fsp3) is 0.583. The van der Waals surface area contributed by atoms with Gasteiger partial charge in [0.05, 0.1) is 12.3 Å². The van der Waals surface area contributed by atoms with Gasteiger partial charge in [-0.05, 0) is 18.6 Å². The van der Waals surface area contributed by atoms with Crippen molar-refractivity contribution < 1.29 is 13.2 Å². The molecule has 1 aromatic heterocycles. The quantitative estimate of drug-likeness (QED) is 0.650. The third-order valence-electron chi connectivity index (χ3n) is 2.51. The average molecular weight is 287 g/mol. The zero-order valence-corrected chi connectivity index (χ0v) is 11.9. The summed E-state index contributed by atoms with van der Waals surface area (Å²) >= 11 is 0. The van der Waals surface area contributed by atoms with Crippen LogP contribution in [-0.2, 0) is 21.3 Å². The number of sulfonamides is 1. The molecule has 1 heterocycles. The van der Waals surface area contributed by atoms with Crippen molar-refractivity contribution in [1.82, 2.24) is 9.71 Å². The number of unbranched alkanes of at least 4 members (excludes halogenated alkanes) is 1. The van der Waals surface area contributed by atoms with Crippen LogP contribution in [0.25, 0.3) is 0 Å². The van der Waals surface area contributed by atoms with Crippen LogP contribution in [-0.4, -0.2) is 33.2 Å². The number of hydrogen-bond donors (Lipinski definition) is 2. The maximum atomic E-state index is 12.0. The number of nitrogens with two attached hydrogens (primary N) is 1. The summed E-state index contributed by atoms with van der Waals surface area (Å²) in [5.41, 5.74) is 5.84. The Bertz CT molecular complexity index is 477. The van der Waals surface area contributed by atoms with Crippen molar-refractivity contribution in [3.63, 3.8) is 0 Å². The molecule has 108 valence electrons. The van der Waals surface area contributed by atoms with Gasteiger partial charge in [0, 0.05) is 25.9 Å². The number of pyridine rings is 1. The molecule has 0 saturated carbocycles. The molecule has 0 amide bonds. The van der Waals surface area contributed by atoms with Crippen LogP contribution in [0, 0.1) is 0 Å². The highest BCUT2D eigenvalue weighted by Gasteiger charge is 2.17. The van der Waals surface area contributed by atoms with Crippen molar-refractivity contribution >= 4 is 10.0 Å². The second-order valence-corrected chi connectivity index (χ2v) is 5.75. The van der Waals surface area contributed by atoms with Crippen LogP contribution in [0.1, 0.15) is 25.5 Å².